The number of hydrogen-bond acceptors (Lipinski definition) is 2. The van der Waals surface area contributed by atoms with Crippen molar-refractivity contribution in [1.82, 2.24) is 0 Å². The lowest BCUT2D eigenvalue weighted by Crippen LogP contribution is -2.08. The van der Waals surface area contributed by atoms with Gasteiger partial charge in [0.2, 0.25) is 0 Å². The van der Waals surface area contributed by atoms with Crippen LogP contribution in [0.3, 0.4) is 0 Å². The molecular weight excluding hydrogens is 178 g/mol. The van der Waals surface area contributed by atoms with Crippen LogP contribution >= 0.6 is 23.4 Å². The summed E-state index contributed by atoms with van der Waals surface area (Å²) in [5.74, 6) is 0. The Morgan fingerprint density at radius 3 is 2.82 bits per heavy atom. The number of thioether (sulfide) groups is 1. The fraction of sp³-hybridized carbons (Fsp3) is 0.250. The van der Waals surface area contributed by atoms with Crippen molar-refractivity contribution in [1.29, 1.82) is 0 Å². The highest BCUT2D eigenvalue weighted by atomic mass is 35.5. The maximum atomic E-state index is 5.77. The van der Waals surface area contributed by atoms with Crippen LogP contribution in [0.15, 0.2) is 29.2 Å². The fourth-order valence-electron chi connectivity index (χ4n) is 0.755. The van der Waals surface area contributed by atoms with Gasteiger partial charge in [0.25, 0.3) is 0 Å². The molecule has 0 heterocycles. The topological polar surface area (TPSA) is 26.0 Å². The van der Waals surface area contributed by atoms with Crippen LogP contribution in [-0.2, 0) is 0 Å². The molecular formula is C8H10ClNS. The molecule has 1 aromatic carbocycles. The summed E-state index contributed by atoms with van der Waals surface area (Å²) in [5, 5.41) is 0.879. The van der Waals surface area contributed by atoms with Crippen LogP contribution in [0.2, 0.25) is 5.02 Å². The van der Waals surface area contributed by atoms with Gasteiger partial charge in [-0.3, -0.25) is 0 Å². The van der Waals surface area contributed by atoms with Crippen LogP contribution in [0.1, 0.15) is 6.92 Å². The first kappa shape index (κ1) is 8.91. The van der Waals surface area contributed by atoms with E-state index >= 15 is 0 Å². The normalized spacial score (nSPS) is 13.0. The molecule has 3 heteroatoms. The second-order valence-corrected chi connectivity index (χ2v) is 4.17. The minimum absolute atomic E-state index is 0.119. The molecule has 1 aromatic rings. The SMILES string of the molecule is CC(N)Sc1cccc(Cl)c1. The van der Waals surface area contributed by atoms with Gasteiger partial charge in [-0.2, -0.15) is 0 Å². The molecule has 0 saturated heterocycles. The highest BCUT2D eigenvalue weighted by Crippen LogP contribution is 2.22. The maximum absolute atomic E-state index is 5.77. The van der Waals surface area contributed by atoms with Gasteiger partial charge in [0.05, 0.1) is 5.37 Å². The quantitative estimate of drug-likeness (QED) is 0.569. The summed E-state index contributed by atoms with van der Waals surface area (Å²) >= 11 is 7.38. The molecule has 0 bridgehead atoms. The zero-order valence-corrected chi connectivity index (χ0v) is 7.82. The summed E-state index contributed by atoms with van der Waals surface area (Å²) in [6.07, 6.45) is 0. The number of nitrogens with two attached hydrogens (primary N) is 1. The Hall–Kier alpha value is -0.180. The molecule has 60 valence electrons. The van der Waals surface area contributed by atoms with E-state index in [1.54, 1.807) is 11.8 Å². The van der Waals surface area contributed by atoms with Crippen LogP contribution in [-0.4, -0.2) is 5.37 Å². The van der Waals surface area contributed by atoms with Crippen LogP contribution in [0.25, 0.3) is 0 Å². The number of hydrogen-bond donors (Lipinski definition) is 1. The molecule has 2 N–H and O–H groups in total. The number of rotatable bonds is 2. The largest absolute Gasteiger partial charge is 0.319 e. The molecule has 1 rings (SSSR count). The number of halogens is 1. The lowest BCUT2D eigenvalue weighted by atomic mass is 10.4. The van der Waals surface area contributed by atoms with Crippen molar-refractivity contribution < 1.29 is 0 Å². The Morgan fingerprint density at radius 1 is 1.55 bits per heavy atom. The molecule has 0 saturated carbocycles. The highest BCUT2D eigenvalue weighted by molar-refractivity contribution is 7.99. The van der Waals surface area contributed by atoms with E-state index in [9.17, 15) is 0 Å². The van der Waals surface area contributed by atoms with Crippen molar-refractivity contribution in [2.24, 2.45) is 5.73 Å². The Kier molecular flexibility index (Phi) is 3.24. The molecule has 0 aliphatic carbocycles. The van der Waals surface area contributed by atoms with E-state index in [4.69, 9.17) is 17.3 Å². The van der Waals surface area contributed by atoms with E-state index in [1.807, 2.05) is 31.2 Å². The second-order valence-electron chi connectivity index (χ2n) is 2.28. The van der Waals surface area contributed by atoms with Gasteiger partial charge in [0.15, 0.2) is 0 Å². The summed E-state index contributed by atoms with van der Waals surface area (Å²) in [4.78, 5) is 1.12. The zero-order chi connectivity index (χ0) is 8.27. The average Bonchev–Trinajstić information content (AvgIpc) is 1.85. The average molecular weight is 188 g/mol. The molecule has 0 radical (unpaired) electrons. The Labute approximate surface area is 75.9 Å². The van der Waals surface area contributed by atoms with E-state index in [0.29, 0.717) is 0 Å². The molecule has 0 amide bonds. The van der Waals surface area contributed by atoms with Crippen LogP contribution in [0.5, 0.6) is 0 Å². The van der Waals surface area contributed by atoms with E-state index in [1.165, 1.54) is 0 Å². The minimum Gasteiger partial charge on any atom is -0.319 e. The van der Waals surface area contributed by atoms with E-state index in [-0.39, 0.29) is 5.37 Å². The van der Waals surface area contributed by atoms with E-state index in [2.05, 4.69) is 0 Å². The van der Waals surface area contributed by atoms with Crippen molar-refractivity contribution in [3.8, 4) is 0 Å². The minimum atomic E-state index is 0.119. The Morgan fingerprint density at radius 2 is 2.27 bits per heavy atom. The zero-order valence-electron chi connectivity index (χ0n) is 6.25. The van der Waals surface area contributed by atoms with Gasteiger partial charge in [0.1, 0.15) is 0 Å². The Balaban J connectivity index is 2.71. The van der Waals surface area contributed by atoms with Gasteiger partial charge in [-0.25, -0.2) is 0 Å². The van der Waals surface area contributed by atoms with Gasteiger partial charge in [0, 0.05) is 9.92 Å². The lowest BCUT2D eigenvalue weighted by molar-refractivity contribution is 1.04. The van der Waals surface area contributed by atoms with E-state index < -0.39 is 0 Å². The summed E-state index contributed by atoms with van der Waals surface area (Å²) in [6.45, 7) is 1.95. The van der Waals surface area contributed by atoms with Crippen molar-refractivity contribution >= 4 is 23.4 Å². The van der Waals surface area contributed by atoms with Gasteiger partial charge in [-0.05, 0) is 25.1 Å². The molecule has 0 aliphatic heterocycles. The third-order valence-electron chi connectivity index (χ3n) is 1.12. The van der Waals surface area contributed by atoms with Gasteiger partial charge >= 0.3 is 0 Å². The standard InChI is InChI=1S/C8H10ClNS/c1-6(10)11-8-4-2-3-7(9)5-8/h2-6H,10H2,1H3. The van der Waals surface area contributed by atoms with Crippen molar-refractivity contribution in [3.05, 3.63) is 29.3 Å². The van der Waals surface area contributed by atoms with Crippen LogP contribution in [0, 0.1) is 0 Å². The first-order chi connectivity index (χ1) is 5.18. The Bertz CT molecular complexity index is 237. The molecule has 0 fully saturated rings. The van der Waals surface area contributed by atoms with Crippen LogP contribution < -0.4 is 5.73 Å². The lowest BCUT2D eigenvalue weighted by Gasteiger charge is -2.03. The highest BCUT2D eigenvalue weighted by Gasteiger charge is 1.97. The first-order valence-electron chi connectivity index (χ1n) is 3.36. The summed E-state index contributed by atoms with van der Waals surface area (Å²) in [5.41, 5.74) is 5.59. The van der Waals surface area contributed by atoms with Crippen LogP contribution in [0.4, 0.5) is 0 Å². The first-order valence-corrected chi connectivity index (χ1v) is 4.62. The predicted octanol–water partition coefficient (Wildman–Crippen LogP) is 2.74. The van der Waals surface area contributed by atoms with Crippen molar-refractivity contribution in [2.75, 3.05) is 0 Å². The number of benzene rings is 1. The third kappa shape index (κ3) is 3.14. The van der Waals surface area contributed by atoms with Crippen molar-refractivity contribution in [3.63, 3.8) is 0 Å². The van der Waals surface area contributed by atoms with Gasteiger partial charge < -0.3 is 5.73 Å². The summed E-state index contributed by atoms with van der Waals surface area (Å²) < 4.78 is 0. The molecule has 1 atom stereocenters. The van der Waals surface area contributed by atoms with Gasteiger partial charge in [-0.1, -0.05) is 17.7 Å². The molecule has 0 spiro atoms. The smallest absolute Gasteiger partial charge is 0.0525 e. The maximum Gasteiger partial charge on any atom is 0.0525 e. The molecule has 1 nitrogen and oxygen atoms in total. The second kappa shape index (κ2) is 4.00. The molecule has 0 aliphatic rings. The van der Waals surface area contributed by atoms with E-state index in [0.717, 1.165) is 9.92 Å². The predicted molar refractivity (Wildman–Crippen MR) is 51.0 cm³/mol. The van der Waals surface area contributed by atoms with Crippen molar-refractivity contribution in [2.45, 2.75) is 17.2 Å². The molecule has 11 heavy (non-hydrogen) atoms. The molecule has 0 aromatic heterocycles. The fourth-order valence-corrected chi connectivity index (χ4v) is 1.79. The van der Waals surface area contributed by atoms with Gasteiger partial charge in [-0.15, -0.1) is 11.8 Å². The molecule has 1 unspecified atom stereocenters. The summed E-state index contributed by atoms with van der Waals surface area (Å²) in [6, 6.07) is 7.69. The summed E-state index contributed by atoms with van der Waals surface area (Å²) in [7, 11) is 0. The monoisotopic (exact) mass is 187 g/mol. The third-order valence-corrected chi connectivity index (χ3v) is 2.25.